The molecule has 0 radical (unpaired) electrons. The molecule has 8 heteroatoms. The van der Waals surface area contributed by atoms with E-state index in [1.807, 2.05) is 72.8 Å². The monoisotopic (exact) mass is 562 g/mol. The summed E-state index contributed by atoms with van der Waals surface area (Å²) < 4.78 is 11.0. The molecule has 0 saturated heterocycles. The molecule has 0 aliphatic carbocycles. The summed E-state index contributed by atoms with van der Waals surface area (Å²) in [6.07, 6.45) is -0.149. The zero-order valence-corrected chi connectivity index (χ0v) is 23.5. The molecule has 2 unspecified atom stereocenters. The van der Waals surface area contributed by atoms with Crippen molar-refractivity contribution in [1.29, 1.82) is 0 Å². The smallest absolute Gasteiger partial charge is 0.311 e. The summed E-state index contributed by atoms with van der Waals surface area (Å²) in [4.78, 5) is 13.6. The number of ether oxygens (including phenoxy) is 2. The average Bonchev–Trinajstić information content (AvgIpc) is 2.97. The van der Waals surface area contributed by atoms with Crippen LogP contribution in [-0.4, -0.2) is 34.6 Å². The predicted molar refractivity (Wildman–Crippen MR) is 159 cm³/mol. The maximum atomic E-state index is 11.9. The fourth-order valence-electron chi connectivity index (χ4n) is 4.52. The zero-order chi connectivity index (χ0) is 27.6. The molecule has 4 aromatic carbocycles. The van der Waals surface area contributed by atoms with Crippen LogP contribution in [0.5, 0.6) is 11.5 Å². The Labute approximate surface area is 241 Å². The third-order valence-electron chi connectivity index (χ3n) is 6.75. The van der Waals surface area contributed by atoms with Crippen LogP contribution in [0.2, 0.25) is 0 Å². The maximum Gasteiger partial charge on any atom is 0.311 e. The highest BCUT2D eigenvalue weighted by Gasteiger charge is 2.23. The molecule has 210 valence electrons. The van der Waals surface area contributed by atoms with Gasteiger partial charge in [0.15, 0.2) is 5.75 Å². The lowest BCUT2D eigenvalue weighted by atomic mass is 10.0. The van der Waals surface area contributed by atoms with Crippen molar-refractivity contribution in [2.45, 2.75) is 38.6 Å². The summed E-state index contributed by atoms with van der Waals surface area (Å²) in [5, 5.41) is 23.1. The number of halogens is 1. The Bertz CT molecular complexity index is 1340. The average molecular weight is 563 g/mol. The van der Waals surface area contributed by atoms with Gasteiger partial charge in [-0.1, -0.05) is 78.9 Å². The van der Waals surface area contributed by atoms with Crippen LogP contribution < -0.4 is 9.47 Å². The minimum atomic E-state index is -0.922. The highest BCUT2D eigenvalue weighted by Crippen LogP contribution is 2.32. The molecule has 0 heterocycles. The molecule has 0 aromatic heterocycles. The van der Waals surface area contributed by atoms with Crippen LogP contribution in [-0.2, 0) is 19.6 Å². The van der Waals surface area contributed by atoms with Crippen molar-refractivity contribution in [1.82, 2.24) is 4.90 Å². The van der Waals surface area contributed by atoms with Gasteiger partial charge in [-0.2, -0.15) is 0 Å². The van der Waals surface area contributed by atoms with Crippen LogP contribution in [0.4, 0.5) is 5.69 Å². The van der Waals surface area contributed by atoms with Crippen molar-refractivity contribution in [2.24, 2.45) is 0 Å². The van der Waals surface area contributed by atoms with Gasteiger partial charge >= 0.3 is 5.69 Å². The number of methoxy groups -OCH3 is 1. The molecule has 0 aliphatic rings. The summed E-state index contributed by atoms with van der Waals surface area (Å²) in [6.45, 7) is 3.29. The van der Waals surface area contributed by atoms with Crippen molar-refractivity contribution in [3.05, 3.63) is 135 Å². The first-order chi connectivity index (χ1) is 18.9. The van der Waals surface area contributed by atoms with Gasteiger partial charge in [-0.3, -0.25) is 15.0 Å². The van der Waals surface area contributed by atoms with Crippen molar-refractivity contribution in [3.63, 3.8) is 0 Å². The van der Waals surface area contributed by atoms with Crippen LogP contribution in [0.1, 0.15) is 35.3 Å². The van der Waals surface area contributed by atoms with E-state index in [0.717, 1.165) is 28.9 Å². The van der Waals surface area contributed by atoms with E-state index in [1.165, 1.54) is 6.07 Å². The van der Waals surface area contributed by atoms with E-state index in [1.54, 1.807) is 19.2 Å². The van der Waals surface area contributed by atoms with Gasteiger partial charge in [-0.15, -0.1) is 12.4 Å². The number of nitro benzene ring substituents is 1. The number of nitrogens with zero attached hydrogens (tertiary/aromatic N) is 2. The first-order valence-electron chi connectivity index (χ1n) is 13.0. The minimum absolute atomic E-state index is 0. The third-order valence-corrected chi connectivity index (χ3v) is 6.75. The van der Waals surface area contributed by atoms with Gasteiger partial charge in [0.25, 0.3) is 0 Å². The zero-order valence-electron chi connectivity index (χ0n) is 22.7. The summed E-state index contributed by atoms with van der Waals surface area (Å²) in [6, 6.07) is 32.3. The predicted octanol–water partition coefficient (Wildman–Crippen LogP) is 6.77. The van der Waals surface area contributed by atoms with E-state index in [9.17, 15) is 15.2 Å². The molecule has 0 amide bonds. The van der Waals surface area contributed by atoms with E-state index in [4.69, 9.17) is 9.47 Å². The summed E-state index contributed by atoms with van der Waals surface area (Å²) in [7, 11) is 1.65. The number of benzene rings is 4. The van der Waals surface area contributed by atoms with E-state index in [2.05, 4.69) is 24.0 Å². The Morgan fingerprint density at radius 1 is 0.875 bits per heavy atom. The Morgan fingerprint density at radius 3 is 2.10 bits per heavy atom. The van der Waals surface area contributed by atoms with E-state index >= 15 is 0 Å². The van der Waals surface area contributed by atoms with Crippen molar-refractivity contribution in [3.8, 4) is 11.5 Å². The number of hydrogen-bond donors (Lipinski definition) is 1. The quantitative estimate of drug-likeness (QED) is 0.143. The number of rotatable bonds is 13. The maximum absolute atomic E-state index is 11.9. The van der Waals surface area contributed by atoms with Gasteiger partial charge in [-0.05, 0) is 53.8 Å². The molecule has 0 fully saturated rings. The van der Waals surface area contributed by atoms with Crippen LogP contribution in [0, 0.1) is 10.1 Å². The summed E-state index contributed by atoms with van der Waals surface area (Å²) in [5.74, 6) is 0.981. The number of hydrogen-bond acceptors (Lipinski definition) is 6. The van der Waals surface area contributed by atoms with Gasteiger partial charge in [0.2, 0.25) is 0 Å². The van der Waals surface area contributed by atoms with E-state index < -0.39 is 11.0 Å². The number of aliphatic hydroxyl groups is 1. The minimum Gasteiger partial charge on any atom is -0.497 e. The van der Waals surface area contributed by atoms with Gasteiger partial charge in [0.05, 0.1) is 18.1 Å². The van der Waals surface area contributed by atoms with Crippen molar-refractivity contribution in [2.75, 3.05) is 13.7 Å². The normalized spacial score (nSPS) is 12.3. The molecule has 40 heavy (non-hydrogen) atoms. The first-order valence-corrected chi connectivity index (χ1v) is 13.0. The third kappa shape index (κ3) is 8.55. The summed E-state index contributed by atoms with van der Waals surface area (Å²) in [5.41, 5.74) is 3.51. The first kappa shape index (κ1) is 30.6. The molecular weight excluding hydrogens is 528 g/mol. The topological polar surface area (TPSA) is 85.1 Å². The lowest BCUT2D eigenvalue weighted by molar-refractivity contribution is -0.386. The van der Waals surface area contributed by atoms with Crippen LogP contribution >= 0.6 is 12.4 Å². The lowest BCUT2D eigenvalue weighted by Gasteiger charge is -2.31. The molecule has 0 saturated carbocycles. The molecule has 0 aliphatic heterocycles. The molecule has 2 atom stereocenters. The molecule has 4 rings (SSSR count). The molecule has 0 spiro atoms. The highest BCUT2D eigenvalue weighted by molar-refractivity contribution is 5.85. The highest BCUT2D eigenvalue weighted by atomic mass is 35.5. The van der Waals surface area contributed by atoms with Gasteiger partial charge in [0, 0.05) is 25.2 Å². The standard InChI is InChI=1S/C32H34N2O5.ClH/c1-24(19-25-13-16-29(38-2)17-14-25)33(21-26-9-5-3-6-10-26)22-31(35)28-15-18-32(30(20-28)34(36)37)39-23-27-11-7-4-8-12-27;/h3-18,20,24,31,35H,19,21-23H2,1-2H3;1H. The Hall–Kier alpha value is -3.91. The Kier molecular flexibility index (Phi) is 11.5. The molecule has 7 nitrogen and oxygen atoms in total. The second kappa shape index (κ2) is 15.0. The summed E-state index contributed by atoms with van der Waals surface area (Å²) >= 11 is 0. The largest absolute Gasteiger partial charge is 0.497 e. The second-order valence-corrected chi connectivity index (χ2v) is 9.59. The fourth-order valence-corrected chi connectivity index (χ4v) is 4.52. The van der Waals surface area contributed by atoms with E-state index in [0.29, 0.717) is 18.7 Å². The number of aliphatic hydroxyl groups excluding tert-OH is 1. The molecular formula is C32H35ClN2O5. The van der Waals surface area contributed by atoms with Crippen LogP contribution in [0.3, 0.4) is 0 Å². The number of nitro groups is 1. The van der Waals surface area contributed by atoms with Gasteiger partial charge < -0.3 is 14.6 Å². The molecule has 1 N–H and O–H groups in total. The Balaban J connectivity index is 0.00000441. The fraction of sp³-hybridized carbons (Fsp3) is 0.250. The van der Waals surface area contributed by atoms with Gasteiger partial charge in [-0.25, -0.2) is 0 Å². The Morgan fingerprint density at radius 2 is 1.50 bits per heavy atom. The van der Waals surface area contributed by atoms with Crippen LogP contribution in [0.15, 0.2) is 103 Å². The van der Waals surface area contributed by atoms with Crippen molar-refractivity contribution < 1.29 is 19.5 Å². The van der Waals surface area contributed by atoms with Gasteiger partial charge in [0.1, 0.15) is 12.4 Å². The van der Waals surface area contributed by atoms with Crippen LogP contribution in [0.25, 0.3) is 0 Å². The SMILES string of the molecule is COc1ccc(CC(C)N(Cc2ccccc2)CC(O)c2ccc(OCc3ccccc3)c([N+](=O)[O-])c2)cc1.Cl. The molecule has 0 bridgehead atoms. The lowest BCUT2D eigenvalue weighted by Crippen LogP contribution is -2.37. The molecule has 4 aromatic rings. The second-order valence-electron chi connectivity index (χ2n) is 9.59. The van der Waals surface area contributed by atoms with E-state index in [-0.39, 0.29) is 36.5 Å². The van der Waals surface area contributed by atoms with Crippen molar-refractivity contribution >= 4 is 18.1 Å².